The quantitative estimate of drug-likeness (QED) is 0.824. The Bertz CT molecular complexity index is 625. The van der Waals surface area contributed by atoms with Crippen LogP contribution in [0.4, 0.5) is 0 Å². The first kappa shape index (κ1) is 17.3. The van der Waals surface area contributed by atoms with Crippen LogP contribution in [0.5, 0.6) is 5.75 Å². The Kier molecular flexibility index (Phi) is 5.76. The van der Waals surface area contributed by atoms with Crippen molar-refractivity contribution in [3.8, 4) is 5.75 Å². The maximum atomic E-state index is 12.3. The van der Waals surface area contributed by atoms with Gasteiger partial charge in [-0.3, -0.25) is 4.79 Å². The van der Waals surface area contributed by atoms with Gasteiger partial charge < -0.3 is 19.9 Å². The van der Waals surface area contributed by atoms with Crippen molar-refractivity contribution in [2.24, 2.45) is 0 Å². The highest BCUT2D eigenvalue weighted by Gasteiger charge is 2.17. The fourth-order valence-electron chi connectivity index (χ4n) is 2.97. The molecule has 2 heterocycles. The Balaban J connectivity index is 1.44. The summed E-state index contributed by atoms with van der Waals surface area (Å²) >= 11 is 6.00. The number of rotatable bonds is 5. The predicted molar refractivity (Wildman–Crippen MR) is 96.5 cm³/mol. The van der Waals surface area contributed by atoms with E-state index in [0.29, 0.717) is 23.7 Å². The monoisotopic (exact) mass is 349 g/mol. The number of hydrogen-bond acceptors (Lipinski definition) is 4. The van der Waals surface area contributed by atoms with Gasteiger partial charge in [-0.1, -0.05) is 11.6 Å². The lowest BCUT2D eigenvalue weighted by atomic mass is 10.1. The summed E-state index contributed by atoms with van der Waals surface area (Å²) < 4.78 is 5.62. The van der Waals surface area contributed by atoms with Crippen molar-refractivity contribution in [2.45, 2.75) is 6.42 Å². The fraction of sp³-hybridized carbons (Fsp3) is 0.500. The van der Waals surface area contributed by atoms with E-state index in [9.17, 15) is 4.79 Å². The van der Waals surface area contributed by atoms with Crippen LogP contribution in [0.25, 0.3) is 6.08 Å². The summed E-state index contributed by atoms with van der Waals surface area (Å²) in [6.45, 7) is 6.49. The van der Waals surface area contributed by atoms with Crippen molar-refractivity contribution in [3.63, 3.8) is 0 Å². The molecule has 1 N–H and O–H groups in total. The van der Waals surface area contributed by atoms with E-state index in [0.717, 1.165) is 50.5 Å². The largest absolute Gasteiger partial charge is 0.488 e. The number of halogens is 1. The molecule has 1 saturated heterocycles. The van der Waals surface area contributed by atoms with Crippen LogP contribution in [0.3, 0.4) is 0 Å². The molecule has 0 atom stereocenters. The predicted octanol–water partition coefficient (Wildman–Crippen LogP) is 1.87. The zero-order valence-electron chi connectivity index (χ0n) is 14.1. The summed E-state index contributed by atoms with van der Waals surface area (Å²) in [6.07, 6.45) is 2.83. The molecule has 1 fully saturated rings. The number of carbonyl (C=O) groups is 1. The molecular weight excluding hydrogens is 326 g/mol. The standard InChI is InChI=1S/C18H24ClN3O2/c1-21-7-9-22(10-8-21)6-2-5-20-18(23)15-11-14-12-16(19)3-4-17(14)24-13-15/h3-4,11-12H,2,5-10,13H2,1H3,(H,20,23). The van der Waals surface area contributed by atoms with Crippen LogP contribution in [0.2, 0.25) is 5.02 Å². The lowest BCUT2D eigenvalue weighted by Crippen LogP contribution is -2.45. The van der Waals surface area contributed by atoms with Gasteiger partial charge in [0.1, 0.15) is 12.4 Å². The molecule has 2 aliphatic heterocycles. The lowest BCUT2D eigenvalue weighted by Gasteiger charge is -2.32. The molecule has 0 radical (unpaired) electrons. The number of benzene rings is 1. The molecule has 0 aliphatic carbocycles. The van der Waals surface area contributed by atoms with Crippen LogP contribution in [0, 0.1) is 0 Å². The number of likely N-dealkylation sites (N-methyl/N-ethyl adjacent to an activating group) is 1. The van der Waals surface area contributed by atoms with E-state index in [-0.39, 0.29) is 5.91 Å². The van der Waals surface area contributed by atoms with Crippen molar-refractivity contribution in [2.75, 3.05) is 52.9 Å². The molecule has 1 amide bonds. The highest BCUT2D eigenvalue weighted by Crippen LogP contribution is 2.28. The molecule has 5 nitrogen and oxygen atoms in total. The second kappa shape index (κ2) is 8.01. The summed E-state index contributed by atoms with van der Waals surface area (Å²) in [6, 6.07) is 5.44. The van der Waals surface area contributed by atoms with Crippen molar-refractivity contribution in [1.82, 2.24) is 15.1 Å². The van der Waals surface area contributed by atoms with Gasteiger partial charge in [-0.25, -0.2) is 0 Å². The highest BCUT2D eigenvalue weighted by atomic mass is 35.5. The Morgan fingerprint density at radius 2 is 2.08 bits per heavy atom. The van der Waals surface area contributed by atoms with Gasteiger partial charge >= 0.3 is 0 Å². The average Bonchev–Trinajstić information content (AvgIpc) is 2.59. The molecule has 0 aromatic heterocycles. The Hall–Kier alpha value is -1.56. The van der Waals surface area contributed by atoms with E-state index in [2.05, 4.69) is 22.2 Å². The van der Waals surface area contributed by atoms with Gasteiger partial charge in [-0.2, -0.15) is 0 Å². The number of hydrogen-bond donors (Lipinski definition) is 1. The van der Waals surface area contributed by atoms with Gasteiger partial charge in [0.15, 0.2) is 0 Å². The van der Waals surface area contributed by atoms with E-state index >= 15 is 0 Å². The SMILES string of the molecule is CN1CCN(CCCNC(=O)C2=Cc3cc(Cl)ccc3OC2)CC1. The molecule has 24 heavy (non-hydrogen) atoms. The molecule has 6 heteroatoms. The number of nitrogens with one attached hydrogen (secondary N) is 1. The van der Waals surface area contributed by atoms with Crippen LogP contribution in [-0.2, 0) is 4.79 Å². The van der Waals surface area contributed by atoms with E-state index in [1.165, 1.54) is 0 Å². The smallest absolute Gasteiger partial charge is 0.250 e. The van der Waals surface area contributed by atoms with Crippen LogP contribution in [-0.4, -0.2) is 68.6 Å². The van der Waals surface area contributed by atoms with Crippen LogP contribution < -0.4 is 10.1 Å². The second-order valence-corrected chi connectivity index (χ2v) is 6.83. The molecule has 0 saturated carbocycles. The molecule has 1 aromatic rings. The minimum atomic E-state index is -0.0565. The summed E-state index contributed by atoms with van der Waals surface area (Å²) in [5, 5.41) is 3.63. The Morgan fingerprint density at radius 3 is 2.88 bits per heavy atom. The second-order valence-electron chi connectivity index (χ2n) is 6.39. The van der Waals surface area contributed by atoms with Crippen LogP contribution >= 0.6 is 11.6 Å². The third-order valence-electron chi connectivity index (χ3n) is 4.51. The first-order valence-electron chi connectivity index (χ1n) is 8.44. The van der Waals surface area contributed by atoms with E-state index in [1.807, 2.05) is 18.2 Å². The third-order valence-corrected chi connectivity index (χ3v) is 4.74. The first-order valence-corrected chi connectivity index (χ1v) is 8.81. The summed E-state index contributed by atoms with van der Waals surface area (Å²) in [5.74, 6) is 0.713. The van der Waals surface area contributed by atoms with Crippen LogP contribution in [0.15, 0.2) is 23.8 Å². The Labute approximate surface area is 148 Å². The summed E-state index contributed by atoms with van der Waals surface area (Å²) in [4.78, 5) is 17.1. The molecule has 0 spiro atoms. The van der Waals surface area contributed by atoms with Gasteiger partial charge in [-0.15, -0.1) is 0 Å². The van der Waals surface area contributed by atoms with Crippen molar-refractivity contribution in [3.05, 3.63) is 34.4 Å². The lowest BCUT2D eigenvalue weighted by molar-refractivity contribution is -0.117. The first-order chi connectivity index (χ1) is 11.6. The topological polar surface area (TPSA) is 44.8 Å². The number of carbonyl (C=O) groups excluding carboxylic acids is 1. The van der Waals surface area contributed by atoms with Gasteiger partial charge in [0, 0.05) is 43.3 Å². The molecule has 3 rings (SSSR count). The maximum Gasteiger partial charge on any atom is 0.250 e. The van der Waals surface area contributed by atoms with Gasteiger partial charge in [0.2, 0.25) is 0 Å². The number of piperazine rings is 1. The van der Waals surface area contributed by atoms with Gasteiger partial charge in [0.05, 0.1) is 5.57 Å². The zero-order valence-corrected chi connectivity index (χ0v) is 14.8. The molecular formula is C18H24ClN3O2. The van der Waals surface area contributed by atoms with E-state index in [1.54, 1.807) is 6.07 Å². The summed E-state index contributed by atoms with van der Waals surface area (Å²) in [7, 11) is 2.16. The highest BCUT2D eigenvalue weighted by molar-refractivity contribution is 6.30. The number of amides is 1. The third kappa shape index (κ3) is 4.50. The van der Waals surface area contributed by atoms with Crippen molar-refractivity contribution in [1.29, 1.82) is 0 Å². The normalized spacial score (nSPS) is 18.5. The fourth-order valence-corrected chi connectivity index (χ4v) is 3.15. The molecule has 2 aliphatic rings. The zero-order chi connectivity index (χ0) is 16.9. The maximum absolute atomic E-state index is 12.3. The van der Waals surface area contributed by atoms with E-state index in [4.69, 9.17) is 16.3 Å². The minimum absolute atomic E-state index is 0.0565. The molecule has 130 valence electrons. The van der Waals surface area contributed by atoms with E-state index < -0.39 is 0 Å². The summed E-state index contributed by atoms with van der Waals surface area (Å²) in [5.41, 5.74) is 1.50. The van der Waals surface area contributed by atoms with Gasteiger partial charge in [-0.05, 0) is 44.3 Å². The molecule has 1 aromatic carbocycles. The number of ether oxygens (including phenoxy) is 1. The average molecular weight is 350 g/mol. The van der Waals surface area contributed by atoms with Crippen molar-refractivity contribution >= 4 is 23.6 Å². The molecule has 0 unspecified atom stereocenters. The minimum Gasteiger partial charge on any atom is -0.488 e. The number of fused-ring (bicyclic) bond motifs is 1. The Morgan fingerprint density at radius 1 is 1.29 bits per heavy atom. The van der Waals surface area contributed by atoms with Gasteiger partial charge in [0.25, 0.3) is 5.91 Å². The van der Waals surface area contributed by atoms with Crippen LogP contribution in [0.1, 0.15) is 12.0 Å². The molecule has 0 bridgehead atoms. The number of nitrogens with zero attached hydrogens (tertiary/aromatic N) is 2. The van der Waals surface area contributed by atoms with Crippen molar-refractivity contribution < 1.29 is 9.53 Å².